The second-order valence-electron chi connectivity index (χ2n) is 7.73. The van der Waals surface area contributed by atoms with Crippen LogP contribution >= 0.6 is 0 Å². The van der Waals surface area contributed by atoms with E-state index in [0.717, 1.165) is 32.8 Å². The van der Waals surface area contributed by atoms with Gasteiger partial charge in [-0.05, 0) is 37.1 Å². The van der Waals surface area contributed by atoms with Gasteiger partial charge in [0.25, 0.3) is 10.0 Å². The first kappa shape index (κ1) is 22.5. The summed E-state index contributed by atoms with van der Waals surface area (Å²) < 4.78 is 33.0. The number of aromatic nitrogens is 1. The molecule has 1 fully saturated rings. The molecule has 7 nitrogen and oxygen atoms in total. The van der Waals surface area contributed by atoms with Crippen molar-refractivity contribution in [2.24, 2.45) is 5.92 Å². The van der Waals surface area contributed by atoms with Crippen LogP contribution in [0.1, 0.15) is 20.8 Å². The molecule has 164 valence electrons. The second kappa shape index (κ2) is 10.2. The van der Waals surface area contributed by atoms with Crippen molar-refractivity contribution in [3.63, 3.8) is 0 Å². The minimum absolute atomic E-state index is 0.187. The van der Waals surface area contributed by atoms with Crippen LogP contribution in [0.15, 0.2) is 53.6 Å². The van der Waals surface area contributed by atoms with Gasteiger partial charge in [-0.1, -0.05) is 32.0 Å². The van der Waals surface area contributed by atoms with Crippen LogP contribution in [0.4, 0.5) is 11.5 Å². The number of para-hydroxylation sites is 1. The van der Waals surface area contributed by atoms with Crippen LogP contribution in [0.2, 0.25) is 0 Å². The van der Waals surface area contributed by atoms with E-state index in [1.165, 1.54) is 10.5 Å². The van der Waals surface area contributed by atoms with E-state index in [-0.39, 0.29) is 4.90 Å². The van der Waals surface area contributed by atoms with Crippen molar-refractivity contribution in [3.05, 3.63) is 48.7 Å². The number of hydrogen-bond acceptors (Lipinski definition) is 6. The number of anilines is 2. The summed E-state index contributed by atoms with van der Waals surface area (Å²) in [6, 6.07) is 12.8. The van der Waals surface area contributed by atoms with Crippen molar-refractivity contribution >= 4 is 21.5 Å². The molecule has 2 heterocycles. The van der Waals surface area contributed by atoms with Crippen molar-refractivity contribution in [1.82, 2.24) is 9.88 Å². The van der Waals surface area contributed by atoms with E-state index in [4.69, 9.17) is 4.74 Å². The molecule has 0 spiro atoms. The molecule has 1 aliphatic heterocycles. The maximum Gasteiger partial charge on any atom is 0.265 e. The Bertz CT molecular complexity index is 882. The van der Waals surface area contributed by atoms with Crippen LogP contribution in [0.25, 0.3) is 0 Å². The highest BCUT2D eigenvalue weighted by atomic mass is 32.2. The van der Waals surface area contributed by atoms with Gasteiger partial charge < -0.3 is 10.1 Å². The van der Waals surface area contributed by atoms with E-state index >= 15 is 0 Å². The van der Waals surface area contributed by atoms with Crippen LogP contribution in [-0.4, -0.2) is 63.7 Å². The van der Waals surface area contributed by atoms with Crippen molar-refractivity contribution < 1.29 is 13.2 Å². The van der Waals surface area contributed by atoms with Gasteiger partial charge in [-0.2, -0.15) is 0 Å². The van der Waals surface area contributed by atoms with Crippen LogP contribution in [0.3, 0.4) is 0 Å². The third-order valence-electron chi connectivity index (χ3n) is 5.43. The number of rotatable bonds is 9. The van der Waals surface area contributed by atoms with Gasteiger partial charge >= 0.3 is 0 Å². The minimum atomic E-state index is -3.66. The molecule has 1 aromatic heterocycles. The smallest absolute Gasteiger partial charge is 0.265 e. The van der Waals surface area contributed by atoms with Crippen LogP contribution < -0.4 is 9.62 Å². The van der Waals surface area contributed by atoms with Crippen LogP contribution in [-0.2, 0) is 14.8 Å². The second-order valence-corrected chi connectivity index (χ2v) is 9.59. The quantitative estimate of drug-likeness (QED) is 0.656. The summed E-state index contributed by atoms with van der Waals surface area (Å²) in [6.07, 6.45) is 1.43. The lowest BCUT2D eigenvalue weighted by atomic mass is 10.0. The maximum atomic E-state index is 13.1. The summed E-state index contributed by atoms with van der Waals surface area (Å²) in [5, 5.41) is 3.37. The van der Waals surface area contributed by atoms with E-state index in [9.17, 15) is 8.42 Å². The minimum Gasteiger partial charge on any atom is -0.379 e. The van der Waals surface area contributed by atoms with Gasteiger partial charge in [-0.3, -0.25) is 9.21 Å². The number of hydrogen-bond donors (Lipinski definition) is 1. The molecule has 0 bridgehead atoms. The molecule has 0 amide bonds. The van der Waals surface area contributed by atoms with E-state index in [0.29, 0.717) is 30.0 Å². The largest absolute Gasteiger partial charge is 0.379 e. The van der Waals surface area contributed by atoms with Gasteiger partial charge in [-0.25, -0.2) is 13.4 Å². The Morgan fingerprint density at radius 3 is 2.40 bits per heavy atom. The number of sulfonamides is 1. The molecular weight excluding hydrogens is 400 g/mol. The molecule has 0 saturated carbocycles. The van der Waals surface area contributed by atoms with Gasteiger partial charge in [-0.15, -0.1) is 0 Å². The summed E-state index contributed by atoms with van der Waals surface area (Å²) in [6.45, 7) is 10.8. The molecule has 1 unspecified atom stereocenters. The van der Waals surface area contributed by atoms with Gasteiger partial charge in [0.05, 0.1) is 18.9 Å². The lowest BCUT2D eigenvalue weighted by Gasteiger charge is -2.37. The van der Waals surface area contributed by atoms with Gasteiger partial charge in [0.15, 0.2) is 0 Å². The van der Waals surface area contributed by atoms with Crippen molar-refractivity contribution in [1.29, 1.82) is 0 Å². The summed E-state index contributed by atoms with van der Waals surface area (Å²) in [5.41, 5.74) is 0.646. The fourth-order valence-corrected chi connectivity index (χ4v) is 5.17. The Morgan fingerprint density at radius 2 is 1.83 bits per heavy atom. The molecular formula is C22H32N4O3S. The van der Waals surface area contributed by atoms with Crippen molar-refractivity contribution in [2.75, 3.05) is 49.0 Å². The number of nitrogens with one attached hydrogen (secondary N) is 1. The topological polar surface area (TPSA) is 74.8 Å². The molecule has 8 heteroatoms. The molecule has 2 aromatic rings. The molecule has 0 radical (unpaired) electrons. The summed E-state index contributed by atoms with van der Waals surface area (Å²) in [7, 11) is -3.66. The average Bonchev–Trinajstić information content (AvgIpc) is 2.76. The standard InChI is InChI=1S/C22H32N4O3S/c1-4-26(19-8-6-5-7-9-19)30(27,28)20-10-11-22(23-16-20)24-17-21(18(2)3)25-12-14-29-15-13-25/h5-11,16,18,21H,4,12-15,17H2,1-3H3,(H,23,24). The third kappa shape index (κ3) is 5.30. The van der Waals surface area contributed by atoms with Crippen LogP contribution in [0.5, 0.6) is 0 Å². The summed E-state index contributed by atoms with van der Waals surface area (Å²) in [5.74, 6) is 1.16. The SMILES string of the molecule is CCN(c1ccccc1)S(=O)(=O)c1ccc(NCC(C(C)C)N2CCOCC2)nc1. The Balaban J connectivity index is 1.69. The molecule has 1 N–H and O–H groups in total. The number of pyridine rings is 1. The lowest BCUT2D eigenvalue weighted by Crippen LogP contribution is -2.49. The Labute approximate surface area is 180 Å². The first-order valence-corrected chi connectivity index (χ1v) is 12.0. The Kier molecular flexibility index (Phi) is 7.69. The zero-order valence-corrected chi connectivity index (χ0v) is 18.8. The average molecular weight is 433 g/mol. The zero-order chi connectivity index (χ0) is 21.6. The molecule has 1 atom stereocenters. The predicted octanol–water partition coefficient (Wildman–Crippen LogP) is 3.07. The maximum absolute atomic E-state index is 13.1. The van der Waals surface area contributed by atoms with Crippen molar-refractivity contribution in [3.8, 4) is 0 Å². The fraction of sp³-hybridized carbons (Fsp3) is 0.500. The number of ether oxygens (including phenoxy) is 1. The highest BCUT2D eigenvalue weighted by Crippen LogP contribution is 2.23. The molecule has 3 rings (SSSR count). The Morgan fingerprint density at radius 1 is 1.13 bits per heavy atom. The molecule has 30 heavy (non-hydrogen) atoms. The van der Waals surface area contributed by atoms with E-state index in [2.05, 4.69) is 29.0 Å². The summed E-state index contributed by atoms with van der Waals surface area (Å²) >= 11 is 0. The molecule has 1 aliphatic rings. The fourth-order valence-electron chi connectivity index (χ4n) is 3.75. The zero-order valence-electron chi connectivity index (χ0n) is 18.0. The van der Waals surface area contributed by atoms with E-state index in [1.54, 1.807) is 24.3 Å². The van der Waals surface area contributed by atoms with E-state index < -0.39 is 10.0 Å². The van der Waals surface area contributed by atoms with Crippen molar-refractivity contribution in [2.45, 2.75) is 31.7 Å². The number of benzene rings is 1. The van der Waals surface area contributed by atoms with Gasteiger partial charge in [0, 0.05) is 38.4 Å². The van der Waals surface area contributed by atoms with Gasteiger partial charge in [0.2, 0.25) is 0 Å². The highest BCUT2D eigenvalue weighted by molar-refractivity contribution is 7.92. The first-order valence-electron chi connectivity index (χ1n) is 10.5. The monoisotopic (exact) mass is 432 g/mol. The predicted molar refractivity (Wildman–Crippen MR) is 120 cm³/mol. The summed E-state index contributed by atoms with van der Waals surface area (Å²) in [4.78, 5) is 7.00. The van der Waals surface area contributed by atoms with Gasteiger partial charge in [0.1, 0.15) is 10.7 Å². The lowest BCUT2D eigenvalue weighted by molar-refractivity contribution is 0.00953. The van der Waals surface area contributed by atoms with E-state index in [1.807, 2.05) is 25.1 Å². The number of morpholine rings is 1. The molecule has 1 saturated heterocycles. The highest BCUT2D eigenvalue weighted by Gasteiger charge is 2.25. The normalized spacial score (nSPS) is 16.4. The first-order chi connectivity index (χ1) is 14.4. The van der Waals surface area contributed by atoms with Crippen LogP contribution in [0, 0.1) is 5.92 Å². The third-order valence-corrected chi connectivity index (χ3v) is 7.32. The Hall–Kier alpha value is -2.16. The molecule has 0 aliphatic carbocycles. The molecule has 1 aromatic carbocycles. The number of nitrogens with zero attached hydrogens (tertiary/aromatic N) is 3.